The number of nitro groups is 1. The molecule has 86 valence electrons. The molecule has 0 spiro atoms. The number of benzene rings is 1. The van der Waals surface area contributed by atoms with Gasteiger partial charge in [0.25, 0.3) is 11.6 Å². The summed E-state index contributed by atoms with van der Waals surface area (Å²) in [6.45, 7) is 0. The van der Waals surface area contributed by atoms with Crippen LogP contribution in [0, 0.1) is 10.1 Å². The minimum absolute atomic E-state index is 0.0272. The Balaban J connectivity index is 3.35. The van der Waals surface area contributed by atoms with E-state index in [4.69, 9.17) is 11.5 Å². The number of carbonyl (C=O) groups excluding carboxylic acids is 1. The summed E-state index contributed by atoms with van der Waals surface area (Å²) in [6.07, 6.45) is 0. The van der Waals surface area contributed by atoms with Crippen molar-refractivity contribution in [1.82, 2.24) is 4.90 Å². The van der Waals surface area contributed by atoms with Crippen molar-refractivity contribution >= 4 is 23.0 Å². The Morgan fingerprint density at radius 2 is 1.94 bits per heavy atom. The number of nitrogen functional groups attached to an aromatic ring is 2. The molecule has 1 rings (SSSR count). The highest BCUT2D eigenvalue weighted by Crippen LogP contribution is 2.29. The van der Waals surface area contributed by atoms with Crippen molar-refractivity contribution in [2.45, 2.75) is 0 Å². The molecule has 7 heteroatoms. The predicted molar refractivity (Wildman–Crippen MR) is 59.9 cm³/mol. The molecule has 0 saturated carbocycles. The Hall–Kier alpha value is -2.31. The van der Waals surface area contributed by atoms with Gasteiger partial charge in [0.1, 0.15) is 5.69 Å². The van der Waals surface area contributed by atoms with Crippen molar-refractivity contribution in [1.29, 1.82) is 0 Å². The maximum absolute atomic E-state index is 11.6. The summed E-state index contributed by atoms with van der Waals surface area (Å²) >= 11 is 0. The fourth-order valence-corrected chi connectivity index (χ4v) is 1.19. The lowest BCUT2D eigenvalue weighted by atomic mass is 10.1. The molecule has 0 atom stereocenters. The van der Waals surface area contributed by atoms with E-state index in [1.54, 1.807) is 14.1 Å². The van der Waals surface area contributed by atoms with E-state index in [1.807, 2.05) is 0 Å². The fraction of sp³-hybridized carbons (Fsp3) is 0.222. The quantitative estimate of drug-likeness (QED) is 0.430. The van der Waals surface area contributed by atoms with Crippen molar-refractivity contribution in [2.75, 3.05) is 25.6 Å². The summed E-state index contributed by atoms with van der Waals surface area (Å²) in [5, 5.41) is 10.7. The van der Waals surface area contributed by atoms with Crippen molar-refractivity contribution in [3.8, 4) is 0 Å². The molecule has 0 aliphatic heterocycles. The second-order valence-corrected chi connectivity index (χ2v) is 3.45. The fourth-order valence-electron chi connectivity index (χ4n) is 1.19. The van der Waals surface area contributed by atoms with Gasteiger partial charge in [0.05, 0.1) is 10.6 Å². The smallest absolute Gasteiger partial charge is 0.295 e. The molecule has 0 bridgehead atoms. The van der Waals surface area contributed by atoms with E-state index in [2.05, 4.69) is 0 Å². The number of rotatable bonds is 2. The molecule has 0 unspecified atom stereocenters. The van der Waals surface area contributed by atoms with Gasteiger partial charge in [0.2, 0.25) is 0 Å². The summed E-state index contributed by atoms with van der Waals surface area (Å²) in [5.74, 6) is -0.366. The van der Waals surface area contributed by atoms with E-state index in [0.29, 0.717) is 0 Å². The minimum atomic E-state index is -0.669. The highest BCUT2D eigenvalue weighted by atomic mass is 16.6. The van der Waals surface area contributed by atoms with Gasteiger partial charge in [0.15, 0.2) is 0 Å². The van der Waals surface area contributed by atoms with E-state index in [1.165, 1.54) is 11.0 Å². The number of carbonyl (C=O) groups is 1. The third-order valence-corrected chi connectivity index (χ3v) is 2.04. The van der Waals surface area contributed by atoms with Crippen LogP contribution in [0.2, 0.25) is 0 Å². The summed E-state index contributed by atoms with van der Waals surface area (Å²) in [4.78, 5) is 22.9. The van der Waals surface area contributed by atoms with Crippen molar-refractivity contribution < 1.29 is 9.72 Å². The van der Waals surface area contributed by atoms with Gasteiger partial charge in [-0.25, -0.2) is 0 Å². The first-order valence-corrected chi connectivity index (χ1v) is 4.39. The number of anilines is 2. The van der Waals surface area contributed by atoms with Gasteiger partial charge in [0, 0.05) is 25.7 Å². The second kappa shape index (κ2) is 4.05. The summed E-state index contributed by atoms with van der Waals surface area (Å²) in [7, 11) is 3.08. The lowest BCUT2D eigenvalue weighted by Gasteiger charge is -2.11. The van der Waals surface area contributed by atoms with Gasteiger partial charge in [-0.05, 0) is 6.07 Å². The molecule has 0 heterocycles. The Morgan fingerprint density at radius 3 is 2.38 bits per heavy atom. The van der Waals surface area contributed by atoms with Crippen molar-refractivity contribution in [3.63, 3.8) is 0 Å². The van der Waals surface area contributed by atoms with Crippen LogP contribution in [0.4, 0.5) is 17.1 Å². The average molecular weight is 224 g/mol. The van der Waals surface area contributed by atoms with Crippen LogP contribution in [0.15, 0.2) is 12.1 Å². The molecule has 1 aromatic rings. The highest BCUT2D eigenvalue weighted by Gasteiger charge is 2.19. The summed E-state index contributed by atoms with van der Waals surface area (Å²) in [5.41, 5.74) is 10.6. The number of amides is 1. The Bertz CT molecular complexity index is 456. The first-order chi connectivity index (χ1) is 7.34. The molecular weight excluding hydrogens is 212 g/mol. The Morgan fingerprint density at radius 1 is 1.38 bits per heavy atom. The van der Waals surface area contributed by atoms with Crippen molar-refractivity contribution in [2.24, 2.45) is 0 Å². The van der Waals surface area contributed by atoms with Gasteiger partial charge in [-0.1, -0.05) is 0 Å². The summed E-state index contributed by atoms with van der Waals surface area (Å²) < 4.78 is 0. The predicted octanol–water partition coefficient (Wildman–Crippen LogP) is 0.461. The molecule has 7 nitrogen and oxygen atoms in total. The maximum Gasteiger partial charge on any atom is 0.295 e. The van der Waals surface area contributed by atoms with Crippen LogP contribution in [-0.4, -0.2) is 29.8 Å². The minimum Gasteiger partial charge on any atom is -0.397 e. The van der Waals surface area contributed by atoms with E-state index in [-0.39, 0.29) is 28.5 Å². The first kappa shape index (κ1) is 11.8. The third-order valence-electron chi connectivity index (χ3n) is 2.04. The lowest BCUT2D eigenvalue weighted by Crippen LogP contribution is -2.22. The zero-order chi connectivity index (χ0) is 12.5. The molecular formula is C9H12N4O3. The zero-order valence-corrected chi connectivity index (χ0v) is 8.93. The van der Waals surface area contributed by atoms with E-state index < -0.39 is 4.92 Å². The van der Waals surface area contributed by atoms with E-state index in [0.717, 1.165) is 6.07 Å². The number of hydrogen-bond acceptors (Lipinski definition) is 5. The average Bonchev–Trinajstić information content (AvgIpc) is 2.20. The van der Waals surface area contributed by atoms with Crippen LogP contribution in [0.3, 0.4) is 0 Å². The van der Waals surface area contributed by atoms with Gasteiger partial charge < -0.3 is 16.4 Å². The van der Waals surface area contributed by atoms with E-state index >= 15 is 0 Å². The van der Waals surface area contributed by atoms with Crippen LogP contribution in [0.5, 0.6) is 0 Å². The number of hydrogen-bond donors (Lipinski definition) is 2. The number of nitrogens with zero attached hydrogens (tertiary/aromatic N) is 2. The highest BCUT2D eigenvalue weighted by molar-refractivity contribution is 5.97. The SMILES string of the molecule is CN(C)C(=O)c1cc(N)c(N)c([N+](=O)[O-])c1. The molecule has 0 saturated heterocycles. The Kier molecular flexibility index (Phi) is 2.98. The molecule has 1 aromatic carbocycles. The van der Waals surface area contributed by atoms with Gasteiger partial charge >= 0.3 is 0 Å². The summed E-state index contributed by atoms with van der Waals surface area (Å²) in [6, 6.07) is 2.44. The van der Waals surface area contributed by atoms with Gasteiger partial charge in [-0.3, -0.25) is 14.9 Å². The zero-order valence-electron chi connectivity index (χ0n) is 8.93. The lowest BCUT2D eigenvalue weighted by molar-refractivity contribution is -0.383. The number of nitro benzene ring substituents is 1. The van der Waals surface area contributed by atoms with Gasteiger partial charge in [-0.2, -0.15) is 0 Å². The monoisotopic (exact) mass is 224 g/mol. The molecule has 16 heavy (non-hydrogen) atoms. The van der Waals surface area contributed by atoms with Crippen LogP contribution in [0.25, 0.3) is 0 Å². The van der Waals surface area contributed by atoms with Crippen LogP contribution in [0.1, 0.15) is 10.4 Å². The molecule has 0 aliphatic rings. The van der Waals surface area contributed by atoms with Crippen LogP contribution >= 0.6 is 0 Å². The molecule has 4 N–H and O–H groups in total. The molecule has 0 fully saturated rings. The molecule has 1 amide bonds. The van der Waals surface area contributed by atoms with Crippen LogP contribution in [-0.2, 0) is 0 Å². The first-order valence-electron chi connectivity index (χ1n) is 4.39. The third kappa shape index (κ3) is 2.02. The largest absolute Gasteiger partial charge is 0.397 e. The topological polar surface area (TPSA) is 115 Å². The molecule has 0 aromatic heterocycles. The van der Waals surface area contributed by atoms with Crippen LogP contribution < -0.4 is 11.5 Å². The molecule has 0 aliphatic carbocycles. The number of nitrogens with two attached hydrogens (primary N) is 2. The standard InChI is InChI=1S/C9H12N4O3/c1-12(2)9(14)5-3-6(10)8(11)7(4-5)13(15)16/h3-4H,10-11H2,1-2H3. The normalized spacial score (nSPS) is 9.88. The van der Waals surface area contributed by atoms with Crippen molar-refractivity contribution in [3.05, 3.63) is 27.8 Å². The molecule has 0 radical (unpaired) electrons. The van der Waals surface area contributed by atoms with Gasteiger partial charge in [-0.15, -0.1) is 0 Å². The Labute approximate surface area is 91.8 Å². The second-order valence-electron chi connectivity index (χ2n) is 3.45. The maximum atomic E-state index is 11.6. The van der Waals surface area contributed by atoms with E-state index in [9.17, 15) is 14.9 Å².